The van der Waals surface area contributed by atoms with Crippen LogP contribution in [0.1, 0.15) is 36.8 Å². The maximum absolute atomic E-state index is 5.98. The van der Waals surface area contributed by atoms with Crippen LogP contribution in [0, 0.1) is 13.8 Å². The van der Waals surface area contributed by atoms with Crippen LogP contribution in [0.25, 0.3) is 0 Å². The summed E-state index contributed by atoms with van der Waals surface area (Å²) in [6.45, 7) is 10.8. The van der Waals surface area contributed by atoms with Crippen LogP contribution >= 0.6 is 35.6 Å². The fourth-order valence-electron chi connectivity index (χ4n) is 2.94. The summed E-state index contributed by atoms with van der Waals surface area (Å²) in [7, 11) is 2.00. The smallest absolute Gasteiger partial charge is 0.193 e. The Morgan fingerprint density at radius 2 is 2.14 bits per heavy atom. The number of nitrogens with one attached hydrogen (secondary N) is 1. The number of hydrogen-bond donors (Lipinski definition) is 1. The topological polar surface area (TPSA) is 62.9 Å². The highest BCUT2D eigenvalue weighted by Crippen LogP contribution is 2.23. The predicted molar refractivity (Wildman–Crippen MR) is 125 cm³/mol. The summed E-state index contributed by atoms with van der Waals surface area (Å²) < 4.78 is 11.0. The second-order valence-corrected chi connectivity index (χ2v) is 7.00. The van der Waals surface area contributed by atoms with Crippen LogP contribution in [0.5, 0.6) is 5.75 Å². The number of hydrogen-bond acceptors (Lipinski definition) is 4. The largest absolute Gasteiger partial charge is 0.492 e. The molecule has 0 radical (unpaired) electrons. The van der Waals surface area contributed by atoms with Gasteiger partial charge in [0.05, 0.1) is 12.2 Å². The van der Waals surface area contributed by atoms with Crippen molar-refractivity contribution in [3.63, 3.8) is 0 Å². The standard InChI is InChI=1S/C20H29ClN4O2.HI/c1-6-22-20(23-13-14(2)19-15(3)24-27-16(19)4)25(5)10-11-26-18-9-7-8-17(21)12-18;/h7-9,12,14H,6,10-11,13H2,1-5H3,(H,22,23);1H. The van der Waals surface area contributed by atoms with Gasteiger partial charge in [-0.3, -0.25) is 4.99 Å². The molecule has 156 valence electrons. The van der Waals surface area contributed by atoms with E-state index in [1.807, 2.05) is 45.2 Å². The fourth-order valence-corrected chi connectivity index (χ4v) is 3.12. The monoisotopic (exact) mass is 520 g/mol. The van der Waals surface area contributed by atoms with Gasteiger partial charge in [-0.15, -0.1) is 24.0 Å². The maximum Gasteiger partial charge on any atom is 0.193 e. The molecule has 28 heavy (non-hydrogen) atoms. The Balaban J connectivity index is 0.00000392. The molecule has 2 rings (SSSR count). The molecule has 0 aliphatic heterocycles. The molecule has 8 heteroatoms. The Labute approximate surface area is 189 Å². The van der Waals surface area contributed by atoms with E-state index >= 15 is 0 Å². The molecule has 2 aromatic rings. The summed E-state index contributed by atoms with van der Waals surface area (Å²) in [5.41, 5.74) is 2.07. The zero-order chi connectivity index (χ0) is 19.8. The van der Waals surface area contributed by atoms with Gasteiger partial charge in [-0.05, 0) is 39.0 Å². The van der Waals surface area contributed by atoms with Crippen molar-refractivity contribution in [2.24, 2.45) is 4.99 Å². The number of rotatable bonds is 8. The first-order chi connectivity index (χ1) is 12.9. The van der Waals surface area contributed by atoms with Crippen molar-refractivity contribution >= 4 is 41.5 Å². The van der Waals surface area contributed by atoms with E-state index in [4.69, 9.17) is 25.9 Å². The van der Waals surface area contributed by atoms with Crippen molar-refractivity contribution in [2.75, 3.05) is 33.3 Å². The zero-order valence-electron chi connectivity index (χ0n) is 17.2. The Kier molecular flexibility index (Phi) is 10.7. The van der Waals surface area contributed by atoms with E-state index in [0.717, 1.165) is 35.3 Å². The van der Waals surface area contributed by atoms with E-state index in [-0.39, 0.29) is 29.9 Å². The average Bonchev–Trinajstić information content (AvgIpc) is 2.97. The summed E-state index contributed by atoms with van der Waals surface area (Å²) in [4.78, 5) is 6.84. The first-order valence-electron chi connectivity index (χ1n) is 9.23. The van der Waals surface area contributed by atoms with Gasteiger partial charge in [0.15, 0.2) is 5.96 Å². The van der Waals surface area contributed by atoms with Crippen molar-refractivity contribution in [2.45, 2.75) is 33.6 Å². The van der Waals surface area contributed by atoms with Gasteiger partial charge in [0.25, 0.3) is 0 Å². The van der Waals surface area contributed by atoms with E-state index < -0.39 is 0 Å². The summed E-state index contributed by atoms with van der Waals surface area (Å²) in [6, 6.07) is 7.42. The third kappa shape index (κ3) is 7.16. The Bertz CT molecular complexity index is 747. The number of ether oxygens (including phenoxy) is 1. The summed E-state index contributed by atoms with van der Waals surface area (Å²) in [6.07, 6.45) is 0. The van der Waals surface area contributed by atoms with E-state index in [2.05, 4.69) is 29.2 Å². The minimum Gasteiger partial charge on any atom is -0.492 e. The van der Waals surface area contributed by atoms with E-state index in [0.29, 0.717) is 24.7 Å². The van der Waals surface area contributed by atoms with Gasteiger partial charge in [-0.2, -0.15) is 0 Å². The van der Waals surface area contributed by atoms with E-state index in [1.165, 1.54) is 0 Å². The highest BCUT2D eigenvalue weighted by Gasteiger charge is 2.16. The zero-order valence-corrected chi connectivity index (χ0v) is 20.2. The summed E-state index contributed by atoms with van der Waals surface area (Å²) >= 11 is 5.98. The molecule has 1 heterocycles. The second-order valence-electron chi connectivity index (χ2n) is 6.56. The Morgan fingerprint density at radius 3 is 2.75 bits per heavy atom. The lowest BCUT2D eigenvalue weighted by Crippen LogP contribution is -2.41. The van der Waals surface area contributed by atoms with Crippen molar-refractivity contribution in [1.29, 1.82) is 0 Å². The highest BCUT2D eigenvalue weighted by molar-refractivity contribution is 14.0. The molecule has 1 aromatic heterocycles. The van der Waals surface area contributed by atoms with Crippen LogP contribution in [0.2, 0.25) is 5.02 Å². The maximum atomic E-state index is 5.98. The summed E-state index contributed by atoms with van der Waals surface area (Å²) in [5, 5.41) is 8.04. The molecule has 0 saturated carbocycles. The van der Waals surface area contributed by atoms with Gasteiger partial charge in [-0.25, -0.2) is 0 Å². The molecule has 0 aliphatic carbocycles. The number of aliphatic imine (C=N–C) groups is 1. The van der Waals surface area contributed by atoms with E-state index in [1.54, 1.807) is 0 Å². The van der Waals surface area contributed by atoms with Crippen LogP contribution in [-0.2, 0) is 0 Å². The van der Waals surface area contributed by atoms with Gasteiger partial charge in [0.1, 0.15) is 18.1 Å². The first kappa shape index (κ1) is 24.6. The number of benzene rings is 1. The number of halogens is 2. The summed E-state index contributed by atoms with van der Waals surface area (Å²) in [5.74, 6) is 2.72. The molecule has 0 saturated heterocycles. The third-order valence-corrected chi connectivity index (χ3v) is 4.52. The number of aryl methyl sites for hydroxylation is 2. The normalized spacial score (nSPS) is 12.3. The highest BCUT2D eigenvalue weighted by atomic mass is 127. The molecule has 0 fully saturated rings. The van der Waals surface area contributed by atoms with Gasteiger partial charge >= 0.3 is 0 Å². The lowest BCUT2D eigenvalue weighted by molar-refractivity contribution is 0.281. The number of guanidine groups is 1. The number of nitrogens with zero attached hydrogens (tertiary/aromatic N) is 3. The van der Waals surface area contributed by atoms with Crippen LogP contribution in [-0.4, -0.2) is 49.3 Å². The molecule has 1 N–H and O–H groups in total. The van der Waals surface area contributed by atoms with Gasteiger partial charge in [0.2, 0.25) is 0 Å². The molecule has 0 spiro atoms. The molecule has 1 unspecified atom stereocenters. The van der Waals surface area contributed by atoms with Crippen LogP contribution < -0.4 is 10.1 Å². The molecule has 0 amide bonds. The predicted octanol–water partition coefficient (Wildman–Crippen LogP) is 4.64. The third-order valence-electron chi connectivity index (χ3n) is 4.28. The van der Waals surface area contributed by atoms with Crippen molar-refractivity contribution in [3.8, 4) is 5.75 Å². The van der Waals surface area contributed by atoms with Crippen molar-refractivity contribution in [3.05, 3.63) is 46.3 Å². The van der Waals surface area contributed by atoms with Gasteiger partial charge in [0, 0.05) is 36.6 Å². The molecule has 0 bridgehead atoms. The molecule has 1 aromatic carbocycles. The minimum absolute atomic E-state index is 0. The number of likely N-dealkylation sites (N-methyl/N-ethyl adjacent to an activating group) is 1. The van der Waals surface area contributed by atoms with Crippen LogP contribution in [0.4, 0.5) is 0 Å². The number of aromatic nitrogens is 1. The average molecular weight is 521 g/mol. The molecular weight excluding hydrogens is 491 g/mol. The van der Waals surface area contributed by atoms with Crippen molar-refractivity contribution < 1.29 is 9.26 Å². The van der Waals surface area contributed by atoms with Crippen LogP contribution in [0.3, 0.4) is 0 Å². The van der Waals surface area contributed by atoms with E-state index in [9.17, 15) is 0 Å². The first-order valence-corrected chi connectivity index (χ1v) is 9.60. The minimum atomic E-state index is 0. The molecule has 6 nitrogen and oxygen atoms in total. The van der Waals surface area contributed by atoms with Crippen molar-refractivity contribution in [1.82, 2.24) is 15.4 Å². The Hall–Kier alpha value is -1.48. The van der Waals surface area contributed by atoms with Gasteiger partial charge in [-0.1, -0.05) is 29.7 Å². The quantitative estimate of drug-likeness (QED) is 0.312. The Morgan fingerprint density at radius 1 is 1.39 bits per heavy atom. The fraction of sp³-hybridized carbons (Fsp3) is 0.500. The van der Waals surface area contributed by atoms with Gasteiger partial charge < -0.3 is 19.5 Å². The second kappa shape index (κ2) is 12.2. The molecular formula is C20H30ClIN4O2. The molecule has 1 atom stereocenters. The lowest BCUT2D eigenvalue weighted by atomic mass is 10.00. The lowest BCUT2D eigenvalue weighted by Gasteiger charge is -2.22. The molecule has 0 aliphatic rings. The SMILES string of the molecule is CCNC(=NCC(C)c1c(C)noc1C)N(C)CCOc1cccc(Cl)c1.I. The van der Waals surface area contributed by atoms with Crippen LogP contribution in [0.15, 0.2) is 33.8 Å².